The molecule has 162 valence electrons. The zero-order chi connectivity index (χ0) is 23.4. The van der Waals surface area contributed by atoms with Gasteiger partial charge in [-0.05, 0) is 25.1 Å². The first-order valence-electron chi connectivity index (χ1n) is 9.01. The zero-order valence-corrected chi connectivity index (χ0v) is 18.8. The number of aromatic nitrogens is 2. The van der Waals surface area contributed by atoms with Gasteiger partial charge in [0, 0.05) is 15.5 Å². The molecule has 32 heavy (non-hydrogen) atoms. The Hall–Kier alpha value is -3.57. The van der Waals surface area contributed by atoms with Crippen molar-refractivity contribution in [3.63, 3.8) is 0 Å². The fraction of sp³-hybridized carbons (Fsp3) is 0.150. The standard InChI is InChI=1S/C20H14Cl2N6O3S/c1-2-31-19(30)18-13(6-16(32-18)11-4-3-10(21)5-12(11)22)26-17(29)9-28-15(8-24)14(7-23)27-20(28)25/h3-6H,2,9H2,1H3,(H2,25,27)(H,26,29). The molecule has 0 spiro atoms. The number of amides is 1. The Morgan fingerprint density at radius 1 is 1.28 bits per heavy atom. The lowest BCUT2D eigenvalue weighted by atomic mass is 10.2. The number of hydrogen-bond acceptors (Lipinski definition) is 8. The van der Waals surface area contributed by atoms with Crippen molar-refractivity contribution in [3.05, 3.63) is 50.6 Å². The van der Waals surface area contributed by atoms with E-state index < -0.39 is 18.4 Å². The monoisotopic (exact) mass is 488 g/mol. The third kappa shape index (κ3) is 4.68. The largest absolute Gasteiger partial charge is 0.462 e. The maximum atomic E-state index is 12.7. The van der Waals surface area contributed by atoms with E-state index in [1.54, 1.807) is 37.3 Å². The van der Waals surface area contributed by atoms with E-state index in [1.165, 1.54) is 0 Å². The molecule has 1 aromatic carbocycles. The minimum Gasteiger partial charge on any atom is -0.462 e. The lowest BCUT2D eigenvalue weighted by molar-refractivity contribution is -0.116. The number of thiophene rings is 1. The van der Waals surface area contributed by atoms with Crippen LogP contribution in [0.15, 0.2) is 24.3 Å². The van der Waals surface area contributed by atoms with Gasteiger partial charge in [-0.1, -0.05) is 29.3 Å². The van der Waals surface area contributed by atoms with Crippen molar-refractivity contribution in [3.8, 4) is 22.6 Å². The van der Waals surface area contributed by atoms with Crippen molar-refractivity contribution < 1.29 is 14.3 Å². The van der Waals surface area contributed by atoms with E-state index in [4.69, 9.17) is 38.9 Å². The highest BCUT2D eigenvalue weighted by atomic mass is 35.5. The minimum absolute atomic E-state index is 0.135. The van der Waals surface area contributed by atoms with Crippen molar-refractivity contribution in [1.29, 1.82) is 10.5 Å². The predicted molar refractivity (Wildman–Crippen MR) is 120 cm³/mol. The van der Waals surface area contributed by atoms with E-state index in [-0.39, 0.29) is 34.5 Å². The number of anilines is 2. The number of rotatable bonds is 6. The molecule has 0 saturated heterocycles. The van der Waals surface area contributed by atoms with E-state index in [0.29, 0.717) is 20.5 Å². The summed E-state index contributed by atoms with van der Waals surface area (Å²) >= 11 is 13.3. The molecule has 3 rings (SSSR count). The van der Waals surface area contributed by atoms with Gasteiger partial charge in [0.2, 0.25) is 11.9 Å². The number of halogens is 2. The number of nitriles is 2. The van der Waals surface area contributed by atoms with Crippen molar-refractivity contribution in [2.45, 2.75) is 13.5 Å². The van der Waals surface area contributed by atoms with Crippen LogP contribution in [0.25, 0.3) is 10.4 Å². The van der Waals surface area contributed by atoms with Gasteiger partial charge in [-0.15, -0.1) is 11.3 Å². The highest BCUT2D eigenvalue weighted by Gasteiger charge is 2.23. The molecule has 2 heterocycles. The Labute approximate surface area is 196 Å². The quantitative estimate of drug-likeness (QED) is 0.497. The molecule has 0 fully saturated rings. The van der Waals surface area contributed by atoms with E-state index in [9.17, 15) is 14.9 Å². The van der Waals surface area contributed by atoms with Gasteiger partial charge in [0.05, 0.1) is 17.3 Å². The van der Waals surface area contributed by atoms with Gasteiger partial charge in [0.25, 0.3) is 0 Å². The number of imidazole rings is 1. The van der Waals surface area contributed by atoms with Gasteiger partial charge in [-0.25, -0.2) is 9.78 Å². The van der Waals surface area contributed by atoms with Crippen LogP contribution in [-0.2, 0) is 16.1 Å². The minimum atomic E-state index is -0.615. The lowest BCUT2D eigenvalue weighted by Crippen LogP contribution is -2.21. The second-order valence-electron chi connectivity index (χ2n) is 6.22. The van der Waals surface area contributed by atoms with Crippen LogP contribution in [0.2, 0.25) is 10.0 Å². The Morgan fingerprint density at radius 2 is 2.03 bits per heavy atom. The second-order valence-corrected chi connectivity index (χ2v) is 8.12. The van der Waals surface area contributed by atoms with E-state index in [0.717, 1.165) is 15.9 Å². The molecule has 3 aromatic rings. The summed E-state index contributed by atoms with van der Waals surface area (Å²) in [5, 5.41) is 21.8. The number of nitrogens with zero attached hydrogens (tertiary/aromatic N) is 4. The molecule has 0 aliphatic rings. The van der Waals surface area contributed by atoms with E-state index >= 15 is 0 Å². The molecule has 0 saturated carbocycles. The maximum absolute atomic E-state index is 12.7. The van der Waals surface area contributed by atoms with Crippen LogP contribution in [0.1, 0.15) is 28.0 Å². The van der Waals surface area contributed by atoms with Gasteiger partial charge >= 0.3 is 5.97 Å². The molecule has 0 aliphatic carbocycles. The molecule has 2 aromatic heterocycles. The second kappa shape index (κ2) is 9.71. The number of benzene rings is 1. The van der Waals surface area contributed by atoms with Gasteiger partial charge in [0.15, 0.2) is 11.4 Å². The molecular formula is C20H14Cl2N6O3S. The third-order valence-corrected chi connectivity index (χ3v) is 5.87. The molecule has 0 radical (unpaired) electrons. The van der Waals surface area contributed by atoms with Gasteiger partial charge < -0.3 is 15.8 Å². The zero-order valence-electron chi connectivity index (χ0n) is 16.5. The summed E-state index contributed by atoms with van der Waals surface area (Å²) in [6.45, 7) is 1.42. The lowest BCUT2D eigenvalue weighted by Gasteiger charge is -2.08. The summed E-state index contributed by atoms with van der Waals surface area (Å²) in [5.74, 6) is -1.36. The summed E-state index contributed by atoms with van der Waals surface area (Å²) in [6.07, 6.45) is 0. The number of carbonyl (C=O) groups excluding carboxylic acids is 2. The molecule has 0 atom stereocenters. The Balaban J connectivity index is 1.95. The highest BCUT2D eigenvalue weighted by Crippen LogP contribution is 2.39. The summed E-state index contributed by atoms with van der Waals surface area (Å²) in [6, 6.07) is 10.1. The number of nitrogen functional groups attached to an aromatic ring is 1. The Bertz CT molecular complexity index is 1300. The van der Waals surface area contributed by atoms with Crippen LogP contribution < -0.4 is 11.1 Å². The Morgan fingerprint density at radius 3 is 2.66 bits per heavy atom. The van der Waals surface area contributed by atoms with Crippen LogP contribution in [-0.4, -0.2) is 28.0 Å². The normalized spacial score (nSPS) is 10.3. The molecule has 3 N–H and O–H groups in total. The fourth-order valence-corrected chi connectivity index (χ4v) is 4.42. The van der Waals surface area contributed by atoms with Crippen molar-refractivity contribution in [2.75, 3.05) is 17.7 Å². The third-order valence-electron chi connectivity index (χ3n) is 4.17. The highest BCUT2D eigenvalue weighted by molar-refractivity contribution is 7.18. The molecule has 0 bridgehead atoms. The molecule has 12 heteroatoms. The average Bonchev–Trinajstić information content (AvgIpc) is 3.28. The van der Waals surface area contributed by atoms with Gasteiger partial charge in [-0.3, -0.25) is 9.36 Å². The topological polar surface area (TPSA) is 147 Å². The molecule has 1 amide bonds. The number of hydrogen-bond donors (Lipinski definition) is 2. The molecule has 9 nitrogen and oxygen atoms in total. The fourth-order valence-electron chi connectivity index (χ4n) is 2.81. The number of nitrogens with two attached hydrogens (primary N) is 1. The van der Waals surface area contributed by atoms with E-state index in [1.807, 2.05) is 6.07 Å². The SMILES string of the molecule is CCOC(=O)c1sc(-c2ccc(Cl)cc2Cl)cc1NC(=O)Cn1c(N)nc(C#N)c1C#N. The first kappa shape index (κ1) is 23.1. The molecular weight excluding hydrogens is 475 g/mol. The van der Waals surface area contributed by atoms with Crippen LogP contribution in [0, 0.1) is 22.7 Å². The Kier molecular flexibility index (Phi) is 7.01. The summed E-state index contributed by atoms with van der Waals surface area (Å²) in [7, 11) is 0. The first-order valence-corrected chi connectivity index (χ1v) is 10.6. The van der Waals surface area contributed by atoms with Crippen molar-refractivity contribution >= 4 is 58.1 Å². The molecule has 0 aliphatic heterocycles. The number of nitrogens with one attached hydrogen (secondary N) is 1. The summed E-state index contributed by atoms with van der Waals surface area (Å²) in [5.41, 5.74) is 6.25. The van der Waals surface area contributed by atoms with Crippen molar-refractivity contribution in [2.24, 2.45) is 0 Å². The first-order chi connectivity index (χ1) is 15.3. The summed E-state index contributed by atoms with van der Waals surface area (Å²) in [4.78, 5) is 29.7. The number of carbonyl (C=O) groups is 2. The van der Waals surface area contributed by atoms with Gasteiger partial charge in [-0.2, -0.15) is 10.5 Å². The van der Waals surface area contributed by atoms with Gasteiger partial charge in [0.1, 0.15) is 23.6 Å². The smallest absolute Gasteiger partial charge is 0.350 e. The maximum Gasteiger partial charge on any atom is 0.350 e. The number of esters is 1. The van der Waals surface area contributed by atoms with Crippen molar-refractivity contribution in [1.82, 2.24) is 9.55 Å². The molecule has 0 unspecified atom stereocenters. The summed E-state index contributed by atoms with van der Waals surface area (Å²) < 4.78 is 6.20. The van der Waals surface area contributed by atoms with Crippen LogP contribution in [0.5, 0.6) is 0 Å². The average molecular weight is 489 g/mol. The van der Waals surface area contributed by atoms with E-state index in [2.05, 4.69) is 10.3 Å². The van der Waals surface area contributed by atoms with Crippen LogP contribution in [0.3, 0.4) is 0 Å². The van der Waals surface area contributed by atoms with Crippen LogP contribution in [0.4, 0.5) is 11.6 Å². The number of ether oxygens (including phenoxy) is 1. The predicted octanol–water partition coefficient (Wildman–Crippen LogP) is 4.06. The van der Waals surface area contributed by atoms with Crippen LogP contribution >= 0.6 is 34.5 Å².